The Labute approximate surface area is 155 Å². The maximum Gasteiger partial charge on any atom is 0.276 e. The molecule has 0 spiro atoms. The Hall–Kier alpha value is -1.35. The highest BCUT2D eigenvalue weighted by molar-refractivity contribution is 14.1. The van der Waals surface area contributed by atoms with E-state index in [2.05, 4.69) is 22.6 Å². The van der Waals surface area contributed by atoms with Gasteiger partial charge in [-0.2, -0.15) is 0 Å². The van der Waals surface area contributed by atoms with Crippen molar-refractivity contribution in [3.05, 3.63) is 27.0 Å². The summed E-state index contributed by atoms with van der Waals surface area (Å²) in [6.45, 7) is 4.97. The predicted molar refractivity (Wildman–Crippen MR) is 103 cm³/mol. The maximum atomic E-state index is 12.3. The highest BCUT2D eigenvalue weighted by Gasteiger charge is 2.32. The van der Waals surface area contributed by atoms with Crippen molar-refractivity contribution in [3.8, 4) is 11.5 Å². The summed E-state index contributed by atoms with van der Waals surface area (Å²) in [5.41, 5.74) is 1.41. The normalized spacial score (nSPS) is 16.5. The molecule has 0 aromatic heterocycles. The van der Waals surface area contributed by atoms with E-state index in [9.17, 15) is 4.79 Å². The minimum Gasteiger partial charge on any atom is -0.490 e. The van der Waals surface area contributed by atoms with Crippen LogP contribution >= 0.6 is 34.8 Å². The number of halogens is 1. The zero-order valence-electron chi connectivity index (χ0n) is 13.6. The molecule has 0 unspecified atom stereocenters. The van der Waals surface area contributed by atoms with Crippen LogP contribution in [0.25, 0.3) is 6.08 Å². The molecule has 1 saturated heterocycles. The van der Waals surface area contributed by atoms with Gasteiger partial charge in [-0.05, 0) is 72.4 Å². The van der Waals surface area contributed by atoms with Gasteiger partial charge in [0, 0.05) is 14.1 Å². The first-order valence-corrected chi connectivity index (χ1v) is 8.75. The molecule has 1 aromatic carbocycles. The van der Waals surface area contributed by atoms with Crippen molar-refractivity contribution in [1.82, 2.24) is 9.80 Å². The van der Waals surface area contributed by atoms with E-state index in [1.54, 1.807) is 19.0 Å². The van der Waals surface area contributed by atoms with Crippen LogP contribution in [0.1, 0.15) is 19.4 Å². The summed E-state index contributed by atoms with van der Waals surface area (Å²) in [5, 5.41) is 0.493. The number of carbonyl (C=O) groups is 1. The molecule has 1 fully saturated rings. The van der Waals surface area contributed by atoms with Crippen LogP contribution in [0.5, 0.6) is 11.5 Å². The molecule has 1 aromatic rings. The Morgan fingerprint density at radius 2 is 1.83 bits per heavy atom. The topological polar surface area (TPSA) is 42.0 Å². The molecule has 1 aliphatic heterocycles. The Kier molecular flexibility index (Phi) is 5.85. The lowest BCUT2D eigenvalue weighted by molar-refractivity contribution is -0.121. The van der Waals surface area contributed by atoms with Crippen LogP contribution in [0.15, 0.2) is 17.8 Å². The number of benzene rings is 1. The zero-order valence-corrected chi connectivity index (χ0v) is 16.5. The summed E-state index contributed by atoms with van der Waals surface area (Å²) in [4.78, 5) is 15.4. The molecule has 1 heterocycles. The van der Waals surface area contributed by atoms with Crippen LogP contribution in [-0.2, 0) is 4.79 Å². The van der Waals surface area contributed by atoms with Gasteiger partial charge in [0.25, 0.3) is 5.91 Å². The Morgan fingerprint density at radius 1 is 1.17 bits per heavy atom. The second kappa shape index (κ2) is 7.48. The number of ether oxygens (including phenoxy) is 2. The average Bonchev–Trinajstić information content (AvgIpc) is 2.69. The van der Waals surface area contributed by atoms with E-state index in [0.717, 1.165) is 14.9 Å². The molecule has 7 heteroatoms. The van der Waals surface area contributed by atoms with Crippen molar-refractivity contribution in [2.24, 2.45) is 0 Å². The molecule has 1 amide bonds. The van der Waals surface area contributed by atoms with E-state index < -0.39 is 0 Å². The zero-order chi connectivity index (χ0) is 17.1. The first kappa shape index (κ1) is 18.0. The van der Waals surface area contributed by atoms with Gasteiger partial charge < -0.3 is 14.4 Å². The highest BCUT2D eigenvalue weighted by Crippen LogP contribution is 2.35. The second-order valence-electron chi connectivity index (χ2n) is 4.93. The number of nitrogens with zero attached hydrogens (tertiary/aromatic N) is 2. The Morgan fingerprint density at radius 3 is 2.35 bits per heavy atom. The smallest absolute Gasteiger partial charge is 0.276 e. The van der Waals surface area contributed by atoms with Crippen molar-refractivity contribution in [2.75, 3.05) is 27.3 Å². The van der Waals surface area contributed by atoms with Gasteiger partial charge in [-0.25, -0.2) is 0 Å². The lowest BCUT2D eigenvalue weighted by atomic mass is 10.1. The Bertz CT molecular complexity index is 676. The van der Waals surface area contributed by atoms with Crippen LogP contribution in [-0.4, -0.2) is 48.1 Å². The number of hydrogen-bond acceptors (Lipinski definition) is 4. The van der Waals surface area contributed by atoms with Crippen molar-refractivity contribution < 1.29 is 14.3 Å². The van der Waals surface area contributed by atoms with Gasteiger partial charge in [-0.15, -0.1) is 0 Å². The Balaban J connectivity index is 2.46. The number of thiocarbonyl (C=S) groups is 1. The summed E-state index contributed by atoms with van der Waals surface area (Å²) in [5.74, 6) is 1.30. The molecular formula is C16H19IN2O3S. The van der Waals surface area contributed by atoms with Crippen LogP contribution in [0.3, 0.4) is 0 Å². The number of likely N-dealkylation sites (N-methyl/N-ethyl adjacent to an activating group) is 2. The molecule has 23 heavy (non-hydrogen) atoms. The first-order valence-electron chi connectivity index (χ1n) is 7.27. The van der Waals surface area contributed by atoms with Crippen molar-refractivity contribution in [3.63, 3.8) is 0 Å². The third kappa shape index (κ3) is 3.60. The minimum atomic E-state index is -0.112. The van der Waals surface area contributed by atoms with Crippen molar-refractivity contribution >= 4 is 51.9 Å². The fourth-order valence-corrected chi connectivity index (χ4v) is 3.23. The van der Waals surface area contributed by atoms with Crippen LogP contribution in [0.2, 0.25) is 0 Å². The van der Waals surface area contributed by atoms with Gasteiger partial charge in [-0.1, -0.05) is 0 Å². The average molecular weight is 446 g/mol. The monoisotopic (exact) mass is 446 g/mol. The van der Waals surface area contributed by atoms with Crippen LogP contribution in [0.4, 0.5) is 0 Å². The van der Waals surface area contributed by atoms with Crippen LogP contribution < -0.4 is 9.47 Å². The number of carbonyl (C=O) groups excluding carboxylic acids is 1. The second-order valence-corrected chi connectivity index (χ2v) is 6.46. The molecule has 5 nitrogen and oxygen atoms in total. The molecule has 1 aliphatic rings. The van der Waals surface area contributed by atoms with Gasteiger partial charge in [0.2, 0.25) is 0 Å². The van der Waals surface area contributed by atoms with E-state index in [1.807, 2.05) is 32.1 Å². The van der Waals surface area contributed by atoms with E-state index in [1.165, 1.54) is 4.90 Å². The predicted octanol–water partition coefficient (Wildman–Crippen LogP) is 3.12. The van der Waals surface area contributed by atoms with Gasteiger partial charge in [0.1, 0.15) is 5.70 Å². The van der Waals surface area contributed by atoms with E-state index in [4.69, 9.17) is 21.7 Å². The van der Waals surface area contributed by atoms with Gasteiger partial charge in [0.15, 0.2) is 16.6 Å². The summed E-state index contributed by atoms with van der Waals surface area (Å²) >= 11 is 7.44. The summed E-state index contributed by atoms with van der Waals surface area (Å²) in [6.07, 6.45) is 1.82. The fraction of sp³-hybridized carbons (Fsp3) is 0.375. The molecule has 0 aliphatic carbocycles. The molecule has 0 saturated carbocycles. The van der Waals surface area contributed by atoms with E-state index in [0.29, 0.717) is 29.8 Å². The molecule has 0 atom stereocenters. The third-order valence-corrected chi connectivity index (χ3v) is 4.73. The number of hydrogen-bond donors (Lipinski definition) is 0. The van der Waals surface area contributed by atoms with Crippen molar-refractivity contribution in [2.45, 2.75) is 13.8 Å². The summed E-state index contributed by atoms with van der Waals surface area (Å²) in [7, 11) is 3.47. The number of amides is 1. The lowest BCUT2D eigenvalue weighted by Gasteiger charge is -2.14. The lowest BCUT2D eigenvalue weighted by Crippen LogP contribution is -2.26. The summed E-state index contributed by atoms with van der Waals surface area (Å²) < 4.78 is 12.3. The molecule has 0 bridgehead atoms. The molecular weight excluding hydrogens is 427 g/mol. The highest BCUT2D eigenvalue weighted by atomic mass is 127. The largest absolute Gasteiger partial charge is 0.490 e. The van der Waals surface area contributed by atoms with Crippen LogP contribution in [0, 0.1) is 3.57 Å². The molecule has 2 rings (SSSR count). The maximum absolute atomic E-state index is 12.3. The summed E-state index contributed by atoms with van der Waals surface area (Å²) in [6, 6.07) is 3.84. The number of rotatable bonds is 5. The minimum absolute atomic E-state index is 0.112. The standard InChI is InChI=1S/C16H19IN2O3S/c1-5-21-13-9-10(7-11(17)14(13)22-6-2)8-12-15(20)19(4)16(23)18(12)3/h7-9H,5-6H2,1-4H3/b12-8+. The van der Waals surface area contributed by atoms with E-state index >= 15 is 0 Å². The quantitative estimate of drug-likeness (QED) is 0.395. The fourth-order valence-electron chi connectivity index (χ4n) is 2.27. The first-order chi connectivity index (χ1) is 10.9. The third-order valence-electron chi connectivity index (χ3n) is 3.38. The van der Waals surface area contributed by atoms with Gasteiger partial charge in [0.05, 0.1) is 16.8 Å². The molecule has 0 radical (unpaired) electrons. The molecule has 0 N–H and O–H groups in total. The van der Waals surface area contributed by atoms with Gasteiger partial charge >= 0.3 is 0 Å². The molecule has 124 valence electrons. The van der Waals surface area contributed by atoms with Crippen molar-refractivity contribution in [1.29, 1.82) is 0 Å². The van der Waals surface area contributed by atoms with E-state index in [-0.39, 0.29) is 5.91 Å². The SMILES string of the molecule is CCOc1cc(/C=C2\C(=O)N(C)C(=S)N2C)cc(I)c1OCC. The van der Waals surface area contributed by atoms with Gasteiger partial charge in [-0.3, -0.25) is 9.69 Å².